The van der Waals surface area contributed by atoms with Crippen molar-refractivity contribution in [2.45, 2.75) is 51.5 Å². The summed E-state index contributed by atoms with van der Waals surface area (Å²) in [5.41, 5.74) is 0.484. The van der Waals surface area contributed by atoms with E-state index in [1.165, 1.54) is 12.8 Å². The van der Waals surface area contributed by atoms with Gasteiger partial charge in [0.25, 0.3) is 5.91 Å². The molecule has 0 aliphatic carbocycles. The lowest BCUT2D eigenvalue weighted by Crippen LogP contribution is -2.51. The number of amides is 1. The molecule has 2 atom stereocenters. The lowest BCUT2D eigenvalue weighted by atomic mass is 9.89. The molecule has 1 amide bonds. The fourth-order valence-corrected chi connectivity index (χ4v) is 3.65. The van der Waals surface area contributed by atoms with Crippen LogP contribution in [0.4, 0.5) is 0 Å². The van der Waals surface area contributed by atoms with Crippen molar-refractivity contribution in [1.29, 1.82) is 0 Å². The number of likely N-dealkylation sites (tertiary alicyclic amines) is 1. The van der Waals surface area contributed by atoms with E-state index in [0.717, 1.165) is 51.1 Å². The first kappa shape index (κ1) is 14.6. The zero-order chi connectivity index (χ0) is 14.7. The molecule has 0 bridgehead atoms. The zero-order valence-electron chi connectivity index (χ0n) is 12.8. The van der Waals surface area contributed by atoms with Gasteiger partial charge in [-0.3, -0.25) is 4.79 Å². The summed E-state index contributed by atoms with van der Waals surface area (Å²) in [6, 6.07) is 2.19. The van der Waals surface area contributed by atoms with Crippen LogP contribution in [0.2, 0.25) is 0 Å². The number of piperidine rings is 1. The van der Waals surface area contributed by atoms with Gasteiger partial charge >= 0.3 is 0 Å². The predicted octanol–water partition coefficient (Wildman–Crippen LogP) is 2.23. The van der Waals surface area contributed by atoms with E-state index < -0.39 is 0 Å². The Labute approximate surface area is 126 Å². The van der Waals surface area contributed by atoms with Crippen molar-refractivity contribution in [3.8, 4) is 0 Å². The van der Waals surface area contributed by atoms with Crippen LogP contribution in [0.3, 0.4) is 0 Å². The molecule has 0 radical (unpaired) electrons. The van der Waals surface area contributed by atoms with Crippen LogP contribution in [0.15, 0.2) is 10.6 Å². The Morgan fingerprint density at radius 3 is 3.24 bits per heavy atom. The molecule has 0 aromatic carbocycles. The molecule has 3 rings (SSSR count). The van der Waals surface area contributed by atoms with Gasteiger partial charge in [-0.1, -0.05) is 18.5 Å². The highest BCUT2D eigenvalue weighted by Crippen LogP contribution is 2.28. The maximum Gasteiger partial charge on any atom is 0.276 e. The number of carbonyl (C=O) groups is 1. The number of nitrogens with zero attached hydrogens (tertiary/aromatic N) is 2. The third kappa shape index (κ3) is 3.12. The fourth-order valence-electron chi connectivity index (χ4n) is 3.65. The monoisotopic (exact) mass is 291 g/mol. The molecule has 1 aromatic heterocycles. The van der Waals surface area contributed by atoms with Gasteiger partial charge in [-0.2, -0.15) is 0 Å². The molecule has 2 aliphatic heterocycles. The predicted molar refractivity (Wildman–Crippen MR) is 80.2 cm³/mol. The van der Waals surface area contributed by atoms with Crippen LogP contribution in [0.25, 0.3) is 0 Å². The Hall–Kier alpha value is -1.36. The molecule has 1 aromatic rings. The van der Waals surface area contributed by atoms with Crippen molar-refractivity contribution in [1.82, 2.24) is 15.4 Å². The van der Waals surface area contributed by atoms with E-state index in [4.69, 9.17) is 4.52 Å². The van der Waals surface area contributed by atoms with Crippen molar-refractivity contribution < 1.29 is 9.32 Å². The maximum atomic E-state index is 12.8. The number of aromatic nitrogens is 1. The van der Waals surface area contributed by atoms with E-state index in [-0.39, 0.29) is 5.91 Å². The van der Waals surface area contributed by atoms with E-state index in [0.29, 0.717) is 17.7 Å². The molecule has 2 fully saturated rings. The molecule has 2 aliphatic rings. The Balaban J connectivity index is 1.77. The van der Waals surface area contributed by atoms with Crippen LogP contribution in [0.5, 0.6) is 0 Å². The molecule has 2 saturated heterocycles. The van der Waals surface area contributed by atoms with Gasteiger partial charge in [0, 0.05) is 25.1 Å². The number of hydrogen-bond acceptors (Lipinski definition) is 4. The van der Waals surface area contributed by atoms with Crippen LogP contribution >= 0.6 is 0 Å². The number of hydrogen-bond donors (Lipinski definition) is 1. The molecule has 116 valence electrons. The molecule has 0 saturated carbocycles. The highest BCUT2D eigenvalue weighted by molar-refractivity contribution is 5.92. The smallest absolute Gasteiger partial charge is 0.276 e. The average Bonchev–Trinajstić information content (AvgIpc) is 2.86. The zero-order valence-corrected chi connectivity index (χ0v) is 12.8. The molecule has 5 heteroatoms. The number of fused-ring (bicyclic) bond motifs is 1. The second-order valence-corrected chi connectivity index (χ2v) is 6.24. The van der Waals surface area contributed by atoms with Gasteiger partial charge in [0.15, 0.2) is 5.69 Å². The first-order valence-electron chi connectivity index (χ1n) is 8.27. The fraction of sp³-hybridized carbons (Fsp3) is 0.750. The van der Waals surface area contributed by atoms with Crippen LogP contribution in [-0.2, 0) is 6.42 Å². The summed E-state index contributed by atoms with van der Waals surface area (Å²) in [5.74, 6) is 1.46. The minimum absolute atomic E-state index is 0.0555. The summed E-state index contributed by atoms with van der Waals surface area (Å²) < 4.78 is 5.27. The molecule has 0 unspecified atom stereocenters. The third-order valence-corrected chi connectivity index (χ3v) is 4.73. The molecular formula is C16H25N3O2. The average molecular weight is 291 g/mol. The minimum atomic E-state index is 0.0555. The molecule has 0 spiro atoms. The van der Waals surface area contributed by atoms with Gasteiger partial charge in [-0.05, 0) is 44.7 Å². The molecule has 21 heavy (non-hydrogen) atoms. The Morgan fingerprint density at radius 2 is 2.38 bits per heavy atom. The van der Waals surface area contributed by atoms with Gasteiger partial charge < -0.3 is 14.7 Å². The van der Waals surface area contributed by atoms with E-state index in [9.17, 15) is 4.79 Å². The van der Waals surface area contributed by atoms with E-state index in [1.807, 2.05) is 6.07 Å². The van der Waals surface area contributed by atoms with Crippen molar-refractivity contribution in [2.24, 2.45) is 5.92 Å². The summed E-state index contributed by atoms with van der Waals surface area (Å²) in [5, 5.41) is 7.46. The maximum absolute atomic E-state index is 12.8. The summed E-state index contributed by atoms with van der Waals surface area (Å²) in [6.07, 6.45) is 6.43. The van der Waals surface area contributed by atoms with Gasteiger partial charge in [-0.15, -0.1) is 0 Å². The first-order chi connectivity index (χ1) is 10.3. The topological polar surface area (TPSA) is 58.4 Å². The molecular weight excluding hydrogens is 266 g/mol. The summed E-state index contributed by atoms with van der Waals surface area (Å²) in [6.45, 7) is 4.99. The lowest BCUT2D eigenvalue weighted by Gasteiger charge is -2.38. The second-order valence-electron chi connectivity index (χ2n) is 6.24. The van der Waals surface area contributed by atoms with Gasteiger partial charge in [-0.25, -0.2) is 0 Å². The number of aryl methyl sites for hydroxylation is 1. The van der Waals surface area contributed by atoms with E-state index in [1.54, 1.807) is 0 Å². The lowest BCUT2D eigenvalue weighted by molar-refractivity contribution is 0.0576. The van der Waals surface area contributed by atoms with Crippen molar-refractivity contribution in [3.63, 3.8) is 0 Å². The number of rotatable bonds is 3. The van der Waals surface area contributed by atoms with Gasteiger partial charge in [0.1, 0.15) is 5.76 Å². The number of carbonyl (C=O) groups excluding carboxylic acids is 1. The minimum Gasteiger partial charge on any atom is -0.361 e. The van der Waals surface area contributed by atoms with E-state index >= 15 is 0 Å². The normalized spacial score (nSPS) is 26.2. The van der Waals surface area contributed by atoms with Crippen LogP contribution in [-0.4, -0.2) is 41.6 Å². The van der Waals surface area contributed by atoms with Crippen molar-refractivity contribution >= 4 is 5.91 Å². The van der Waals surface area contributed by atoms with Crippen molar-refractivity contribution in [2.75, 3.05) is 19.6 Å². The number of nitrogens with one attached hydrogen (secondary N) is 1. The summed E-state index contributed by atoms with van der Waals surface area (Å²) >= 11 is 0. The van der Waals surface area contributed by atoms with Crippen LogP contribution < -0.4 is 5.32 Å². The van der Waals surface area contributed by atoms with Crippen LogP contribution in [0, 0.1) is 5.92 Å². The Morgan fingerprint density at radius 1 is 1.48 bits per heavy atom. The van der Waals surface area contributed by atoms with Crippen LogP contribution in [0.1, 0.15) is 55.3 Å². The first-order valence-corrected chi connectivity index (χ1v) is 8.27. The van der Waals surface area contributed by atoms with Crippen molar-refractivity contribution in [3.05, 3.63) is 17.5 Å². The standard InChI is InChI=1S/C16H25N3O2/c1-2-5-13-10-14(18-21-13)16(20)19-9-4-3-6-12-11-17-8-7-15(12)19/h10,12,15,17H,2-9,11H2,1H3/t12-,15+/m0/s1. The Kier molecular flexibility index (Phi) is 4.58. The third-order valence-electron chi connectivity index (χ3n) is 4.73. The molecule has 5 nitrogen and oxygen atoms in total. The summed E-state index contributed by atoms with van der Waals surface area (Å²) in [7, 11) is 0. The Bertz CT molecular complexity index is 486. The summed E-state index contributed by atoms with van der Waals surface area (Å²) in [4.78, 5) is 14.9. The van der Waals surface area contributed by atoms with Gasteiger partial charge in [0.2, 0.25) is 0 Å². The second kappa shape index (κ2) is 6.60. The van der Waals surface area contributed by atoms with Gasteiger partial charge in [0.05, 0.1) is 0 Å². The highest BCUT2D eigenvalue weighted by Gasteiger charge is 2.35. The quantitative estimate of drug-likeness (QED) is 0.928. The SMILES string of the molecule is CCCc1cc(C(=O)N2CCCC[C@H]3CNCC[C@H]32)no1. The highest BCUT2D eigenvalue weighted by atomic mass is 16.5. The van der Waals surface area contributed by atoms with E-state index in [2.05, 4.69) is 22.3 Å². The largest absolute Gasteiger partial charge is 0.361 e. The molecule has 3 heterocycles. The molecule has 1 N–H and O–H groups in total.